The predicted molar refractivity (Wildman–Crippen MR) is 98.9 cm³/mol. The third-order valence-electron chi connectivity index (χ3n) is 4.67. The predicted octanol–water partition coefficient (Wildman–Crippen LogP) is 4.83. The van der Waals surface area contributed by atoms with Crippen molar-refractivity contribution in [3.8, 4) is 17.0 Å². The van der Waals surface area contributed by atoms with Crippen molar-refractivity contribution in [2.24, 2.45) is 0 Å². The Labute approximate surface area is 148 Å². The first-order valence-corrected chi connectivity index (χ1v) is 8.79. The number of rotatable bonds is 5. The van der Waals surface area contributed by atoms with E-state index in [0.29, 0.717) is 6.61 Å². The molecule has 0 unspecified atom stereocenters. The maximum Gasteiger partial charge on any atom is 0.230 e. The molecule has 2 heterocycles. The summed E-state index contributed by atoms with van der Waals surface area (Å²) >= 11 is 0. The van der Waals surface area contributed by atoms with Gasteiger partial charge < -0.3 is 14.2 Å². The van der Waals surface area contributed by atoms with Gasteiger partial charge in [-0.3, -0.25) is 0 Å². The van der Waals surface area contributed by atoms with Gasteiger partial charge in [-0.15, -0.1) is 0 Å². The lowest BCUT2D eigenvalue weighted by atomic mass is 10.1. The van der Waals surface area contributed by atoms with Gasteiger partial charge >= 0.3 is 0 Å². The van der Waals surface area contributed by atoms with Crippen molar-refractivity contribution in [2.45, 2.75) is 26.4 Å². The van der Waals surface area contributed by atoms with Gasteiger partial charge in [0.1, 0.15) is 18.1 Å². The van der Waals surface area contributed by atoms with Gasteiger partial charge in [-0.1, -0.05) is 35.5 Å². The third kappa shape index (κ3) is 3.38. The molecule has 25 heavy (non-hydrogen) atoms. The summed E-state index contributed by atoms with van der Waals surface area (Å²) in [6.07, 6.45) is 2.45. The molecule has 1 fully saturated rings. The molecule has 0 radical (unpaired) electrons. The highest BCUT2D eigenvalue weighted by Gasteiger charge is 2.21. The minimum atomic E-state index is 0.572. The largest absolute Gasteiger partial charge is 0.489 e. The highest BCUT2D eigenvalue weighted by Crippen LogP contribution is 2.32. The first kappa shape index (κ1) is 15.8. The monoisotopic (exact) mass is 334 g/mol. The summed E-state index contributed by atoms with van der Waals surface area (Å²) in [5.41, 5.74) is 4.24. The van der Waals surface area contributed by atoms with Crippen LogP contribution in [-0.2, 0) is 6.61 Å². The second kappa shape index (κ2) is 7.01. The fourth-order valence-electron chi connectivity index (χ4n) is 3.26. The molecule has 2 aromatic carbocycles. The van der Waals surface area contributed by atoms with E-state index in [0.717, 1.165) is 47.1 Å². The van der Waals surface area contributed by atoms with E-state index in [9.17, 15) is 0 Å². The van der Waals surface area contributed by atoms with Gasteiger partial charge in [0.25, 0.3) is 0 Å². The number of hydrogen-bond donors (Lipinski definition) is 0. The smallest absolute Gasteiger partial charge is 0.230 e. The van der Waals surface area contributed by atoms with E-state index in [-0.39, 0.29) is 0 Å². The minimum absolute atomic E-state index is 0.572. The molecule has 0 N–H and O–H groups in total. The first-order chi connectivity index (χ1) is 12.3. The van der Waals surface area contributed by atoms with Gasteiger partial charge in [-0.05, 0) is 49.6 Å². The molecule has 128 valence electrons. The Bertz CT molecular complexity index is 819. The van der Waals surface area contributed by atoms with Crippen LogP contribution >= 0.6 is 0 Å². The second-order valence-electron chi connectivity index (χ2n) is 6.45. The zero-order valence-corrected chi connectivity index (χ0v) is 14.4. The first-order valence-electron chi connectivity index (χ1n) is 8.79. The average molecular weight is 334 g/mol. The molecule has 1 saturated heterocycles. The maximum atomic E-state index is 5.85. The van der Waals surface area contributed by atoms with Crippen LogP contribution in [0.3, 0.4) is 0 Å². The molecule has 0 aliphatic carbocycles. The van der Waals surface area contributed by atoms with Crippen LogP contribution in [0.25, 0.3) is 11.3 Å². The van der Waals surface area contributed by atoms with Crippen molar-refractivity contribution in [3.63, 3.8) is 0 Å². The minimum Gasteiger partial charge on any atom is -0.489 e. The summed E-state index contributed by atoms with van der Waals surface area (Å²) in [7, 11) is 0. The lowest BCUT2D eigenvalue weighted by molar-refractivity contribution is 0.306. The van der Waals surface area contributed by atoms with Crippen molar-refractivity contribution in [3.05, 3.63) is 65.7 Å². The zero-order valence-electron chi connectivity index (χ0n) is 14.4. The average Bonchev–Trinajstić information content (AvgIpc) is 3.31. The molecule has 4 rings (SSSR count). The SMILES string of the molecule is Cc1c(-c2ccc(OCc3ccccc3)cc2)noc1N1CCCC1. The highest BCUT2D eigenvalue weighted by molar-refractivity contribution is 5.68. The van der Waals surface area contributed by atoms with Gasteiger partial charge in [0, 0.05) is 24.2 Å². The maximum absolute atomic E-state index is 5.85. The molecule has 0 bridgehead atoms. The summed E-state index contributed by atoms with van der Waals surface area (Å²) in [4.78, 5) is 2.28. The number of aromatic nitrogens is 1. The van der Waals surface area contributed by atoms with Crippen molar-refractivity contribution in [1.29, 1.82) is 0 Å². The molecule has 0 saturated carbocycles. The standard InChI is InChI=1S/C21H22N2O2/c1-16-20(22-25-21(16)23-13-5-6-14-23)18-9-11-19(12-10-18)24-15-17-7-3-2-4-8-17/h2-4,7-12H,5-6,13-15H2,1H3. The topological polar surface area (TPSA) is 38.5 Å². The molecule has 4 nitrogen and oxygen atoms in total. The van der Waals surface area contributed by atoms with Gasteiger partial charge in [-0.2, -0.15) is 0 Å². The number of nitrogens with zero attached hydrogens (tertiary/aromatic N) is 2. The Kier molecular flexibility index (Phi) is 4.42. The van der Waals surface area contributed by atoms with Crippen LogP contribution < -0.4 is 9.64 Å². The lowest BCUT2D eigenvalue weighted by Crippen LogP contribution is -2.17. The summed E-state index contributed by atoms with van der Waals surface area (Å²) in [5.74, 6) is 1.77. The van der Waals surface area contributed by atoms with Gasteiger partial charge in [0.15, 0.2) is 0 Å². The molecule has 4 heteroatoms. The number of anilines is 1. The Balaban J connectivity index is 1.47. The molecule has 0 atom stereocenters. The molecular formula is C21H22N2O2. The van der Waals surface area contributed by atoms with Gasteiger partial charge in [0.05, 0.1) is 0 Å². The molecule has 0 spiro atoms. The van der Waals surface area contributed by atoms with E-state index in [1.807, 2.05) is 42.5 Å². The third-order valence-corrected chi connectivity index (χ3v) is 4.67. The van der Waals surface area contributed by atoms with Crippen molar-refractivity contribution < 1.29 is 9.26 Å². The van der Waals surface area contributed by atoms with Gasteiger partial charge in [-0.25, -0.2) is 0 Å². The molecule has 1 aliphatic rings. The molecular weight excluding hydrogens is 312 g/mol. The van der Waals surface area contributed by atoms with E-state index in [4.69, 9.17) is 9.26 Å². The molecule has 3 aromatic rings. The van der Waals surface area contributed by atoms with E-state index < -0.39 is 0 Å². The van der Waals surface area contributed by atoms with Crippen molar-refractivity contribution in [2.75, 3.05) is 18.0 Å². The van der Waals surface area contributed by atoms with Crippen molar-refractivity contribution >= 4 is 5.88 Å². The summed E-state index contributed by atoms with van der Waals surface area (Å²) in [6.45, 7) is 4.77. The number of hydrogen-bond acceptors (Lipinski definition) is 4. The Morgan fingerprint density at radius 1 is 1.00 bits per heavy atom. The fourth-order valence-corrected chi connectivity index (χ4v) is 3.26. The van der Waals surface area contributed by atoms with E-state index in [1.54, 1.807) is 0 Å². The summed E-state index contributed by atoms with van der Waals surface area (Å²) in [6, 6.07) is 18.2. The summed E-state index contributed by atoms with van der Waals surface area (Å²) < 4.78 is 11.5. The lowest BCUT2D eigenvalue weighted by Gasteiger charge is -2.13. The number of ether oxygens (including phenoxy) is 1. The fraction of sp³-hybridized carbons (Fsp3) is 0.286. The van der Waals surface area contributed by atoms with Gasteiger partial charge in [0.2, 0.25) is 5.88 Å². The van der Waals surface area contributed by atoms with Crippen LogP contribution in [0.4, 0.5) is 5.88 Å². The molecule has 1 aliphatic heterocycles. The van der Waals surface area contributed by atoms with Crippen LogP contribution in [0.5, 0.6) is 5.75 Å². The quantitative estimate of drug-likeness (QED) is 0.670. The Hall–Kier alpha value is -2.75. The molecule has 0 amide bonds. The van der Waals surface area contributed by atoms with E-state index in [1.165, 1.54) is 12.8 Å². The Morgan fingerprint density at radius 2 is 1.72 bits per heavy atom. The van der Waals surface area contributed by atoms with E-state index in [2.05, 4.69) is 29.1 Å². The zero-order chi connectivity index (χ0) is 17.1. The van der Waals surface area contributed by atoms with Crippen LogP contribution in [0.15, 0.2) is 59.1 Å². The molecule has 1 aromatic heterocycles. The second-order valence-corrected chi connectivity index (χ2v) is 6.45. The van der Waals surface area contributed by atoms with Crippen LogP contribution in [0.2, 0.25) is 0 Å². The number of benzene rings is 2. The highest BCUT2D eigenvalue weighted by atomic mass is 16.5. The van der Waals surface area contributed by atoms with Crippen LogP contribution in [0.1, 0.15) is 24.0 Å². The Morgan fingerprint density at radius 3 is 2.44 bits per heavy atom. The normalized spacial score (nSPS) is 14.0. The van der Waals surface area contributed by atoms with Crippen LogP contribution in [0, 0.1) is 6.92 Å². The van der Waals surface area contributed by atoms with Crippen LogP contribution in [-0.4, -0.2) is 18.2 Å². The van der Waals surface area contributed by atoms with E-state index >= 15 is 0 Å². The van der Waals surface area contributed by atoms with Crippen molar-refractivity contribution in [1.82, 2.24) is 5.16 Å². The summed E-state index contributed by atoms with van der Waals surface area (Å²) in [5, 5.41) is 4.30.